The highest BCUT2D eigenvalue weighted by Gasteiger charge is 2.30. The largest absolute Gasteiger partial charge is 0.312 e. The van der Waals surface area contributed by atoms with Gasteiger partial charge < -0.3 is 5.32 Å². The van der Waals surface area contributed by atoms with E-state index < -0.39 is 0 Å². The molecule has 0 saturated carbocycles. The van der Waals surface area contributed by atoms with Crippen LogP contribution in [0.15, 0.2) is 0 Å². The summed E-state index contributed by atoms with van der Waals surface area (Å²) < 4.78 is 0. The molecule has 0 spiro atoms. The van der Waals surface area contributed by atoms with E-state index in [2.05, 4.69) is 17.2 Å². The van der Waals surface area contributed by atoms with Crippen LogP contribution in [0.4, 0.5) is 0 Å². The van der Waals surface area contributed by atoms with Gasteiger partial charge in [0.05, 0.1) is 6.54 Å². The van der Waals surface area contributed by atoms with Gasteiger partial charge in [-0.25, -0.2) is 5.01 Å². The van der Waals surface area contributed by atoms with Crippen molar-refractivity contribution in [3.05, 3.63) is 0 Å². The summed E-state index contributed by atoms with van der Waals surface area (Å²) in [5.41, 5.74) is 0. The molecule has 0 aliphatic carbocycles. The minimum Gasteiger partial charge on any atom is -0.312 e. The third kappa shape index (κ3) is 1.91. The van der Waals surface area contributed by atoms with Crippen LogP contribution in [0.25, 0.3) is 0 Å². The molecular weight excluding hydrogens is 178 g/mol. The summed E-state index contributed by atoms with van der Waals surface area (Å²) in [6, 6.07) is 0.520. The van der Waals surface area contributed by atoms with Gasteiger partial charge in [-0.2, -0.15) is 0 Å². The quantitative estimate of drug-likeness (QED) is 0.702. The number of carbonyl (C=O) groups is 1. The van der Waals surface area contributed by atoms with Gasteiger partial charge in [0, 0.05) is 25.6 Å². The Balaban J connectivity index is 1.90. The first-order valence-corrected chi connectivity index (χ1v) is 5.60. The fourth-order valence-corrected chi connectivity index (χ4v) is 2.30. The zero-order chi connectivity index (χ0) is 9.97. The number of carbonyl (C=O) groups excluding carboxylic acids is 1. The zero-order valence-electron chi connectivity index (χ0n) is 8.83. The van der Waals surface area contributed by atoms with E-state index in [1.807, 2.05) is 5.01 Å². The lowest BCUT2D eigenvalue weighted by Gasteiger charge is -2.29. The second kappa shape index (κ2) is 4.28. The van der Waals surface area contributed by atoms with E-state index in [1.165, 1.54) is 12.8 Å². The SMILES string of the molecule is CCN1CCC(=O)N1CC1CCCN1. The van der Waals surface area contributed by atoms with Crippen molar-refractivity contribution < 1.29 is 4.79 Å². The molecule has 0 aromatic heterocycles. The van der Waals surface area contributed by atoms with Crippen molar-refractivity contribution in [2.45, 2.75) is 32.2 Å². The smallest absolute Gasteiger partial charge is 0.238 e. The molecule has 80 valence electrons. The molecule has 4 heteroatoms. The fraction of sp³-hybridized carbons (Fsp3) is 0.900. The van der Waals surface area contributed by atoms with Crippen molar-refractivity contribution in [1.82, 2.24) is 15.3 Å². The Morgan fingerprint density at radius 3 is 3.07 bits per heavy atom. The van der Waals surface area contributed by atoms with Gasteiger partial charge in [-0.3, -0.25) is 9.80 Å². The highest BCUT2D eigenvalue weighted by Crippen LogP contribution is 2.15. The molecule has 2 heterocycles. The van der Waals surface area contributed by atoms with Crippen LogP contribution in [-0.2, 0) is 4.79 Å². The molecule has 2 aliphatic heterocycles. The average molecular weight is 197 g/mol. The molecule has 0 aromatic rings. The van der Waals surface area contributed by atoms with Crippen LogP contribution in [0.3, 0.4) is 0 Å². The number of hydrazine groups is 1. The van der Waals surface area contributed by atoms with Crippen LogP contribution >= 0.6 is 0 Å². The van der Waals surface area contributed by atoms with Crippen molar-refractivity contribution in [1.29, 1.82) is 0 Å². The molecule has 1 amide bonds. The maximum absolute atomic E-state index is 11.6. The molecule has 1 N–H and O–H groups in total. The topological polar surface area (TPSA) is 35.6 Å². The first-order valence-electron chi connectivity index (χ1n) is 5.60. The fourth-order valence-electron chi connectivity index (χ4n) is 2.30. The summed E-state index contributed by atoms with van der Waals surface area (Å²) in [5, 5.41) is 7.52. The van der Waals surface area contributed by atoms with E-state index in [0.29, 0.717) is 18.4 Å². The molecule has 0 aromatic carbocycles. The second-order valence-electron chi connectivity index (χ2n) is 4.07. The highest BCUT2D eigenvalue weighted by molar-refractivity contribution is 5.77. The van der Waals surface area contributed by atoms with Gasteiger partial charge in [-0.1, -0.05) is 6.92 Å². The predicted octanol–water partition coefficient (Wildman–Crippen LogP) is 0.208. The average Bonchev–Trinajstić information content (AvgIpc) is 2.79. The molecular formula is C10H19N3O. The molecule has 1 unspecified atom stereocenters. The zero-order valence-corrected chi connectivity index (χ0v) is 8.83. The maximum Gasteiger partial charge on any atom is 0.238 e. The van der Waals surface area contributed by atoms with E-state index in [9.17, 15) is 4.79 Å². The summed E-state index contributed by atoms with van der Waals surface area (Å²) in [7, 11) is 0. The third-order valence-corrected chi connectivity index (χ3v) is 3.13. The lowest BCUT2D eigenvalue weighted by Crippen LogP contribution is -2.45. The Morgan fingerprint density at radius 1 is 1.57 bits per heavy atom. The lowest BCUT2D eigenvalue weighted by molar-refractivity contribution is -0.138. The molecule has 2 aliphatic rings. The molecule has 2 rings (SSSR count). The minimum absolute atomic E-state index is 0.292. The molecule has 2 fully saturated rings. The van der Waals surface area contributed by atoms with E-state index in [4.69, 9.17) is 0 Å². The van der Waals surface area contributed by atoms with Gasteiger partial charge in [-0.05, 0) is 19.4 Å². The van der Waals surface area contributed by atoms with Crippen LogP contribution in [0.2, 0.25) is 0 Å². The first kappa shape index (κ1) is 9.93. The van der Waals surface area contributed by atoms with Gasteiger partial charge in [0.1, 0.15) is 0 Å². The number of hydrogen-bond donors (Lipinski definition) is 1. The highest BCUT2D eigenvalue weighted by atomic mass is 16.2. The number of rotatable bonds is 3. The number of nitrogens with zero attached hydrogens (tertiary/aromatic N) is 2. The van der Waals surface area contributed by atoms with Crippen LogP contribution in [0.5, 0.6) is 0 Å². The van der Waals surface area contributed by atoms with Gasteiger partial charge in [-0.15, -0.1) is 0 Å². The van der Waals surface area contributed by atoms with Crippen molar-refractivity contribution >= 4 is 5.91 Å². The summed E-state index contributed by atoms with van der Waals surface area (Å²) in [6.45, 7) is 5.93. The molecule has 2 saturated heterocycles. The molecule has 1 atom stereocenters. The Labute approximate surface area is 85.2 Å². The van der Waals surface area contributed by atoms with Crippen LogP contribution in [0.1, 0.15) is 26.2 Å². The van der Waals surface area contributed by atoms with Gasteiger partial charge >= 0.3 is 0 Å². The normalized spacial score (nSPS) is 29.1. The standard InChI is InChI=1S/C10H19N3O/c1-2-12-7-5-10(14)13(12)8-9-4-3-6-11-9/h9,11H,2-8H2,1H3. The first-order chi connectivity index (χ1) is 6.81. The lowest BCUT2D eigenvalue weighted by atomic mass is 10.2. The Kier molecular flexibility index (Phi) is 3.03. The molecule has 0 radical (unpaired) electrons. The summed E-state index contributed by atoms with van der Waals surface area (Å²) in [4.78, 5) is 11.6. The van der Waals surface area contributed by atoms with E-state index in [0.717, 1.165) is 26.2 Å². The number of hydrogen-bond acceptors (Lipinski definition) is 3. The summed E-state index contributed by atoms with van der Waals surface area (Å²) in [5.74, 6) is 0.292. The van der Waals surface area contributed by atoms with Crippen molar-refractivity contribution in [3.8, 4) is 0 Å². The van der Waals surface area contributed by atoms with Crippen LogP contribution in [-0.4, -0.2) is 48.1 Å². The molecule has 14 heavy (non-hydrogen) atoms. The molecule has 0 bridgehead atoms. The van der Waals surface area contributed by atoms with Crippen molar-refractivity contribution in [2.75, 3.05) is 26.2 Å². The van der Waals surface area contributed by atoms with Gasteiger partial charge in [0.25, 0.3) is 0 Å². The van der Waals surface area contributed by atoms with Crippen molar-refractivity contribution in [3.63, 3.8) is 0 Å². The van der Waals surface area contributed by atoms with Crippen molar-refractivity contribution in [2.24, 2.45) is 0 Å². The predicted molar refractivity (Wildman–Crippen MR) is 54.6 cm³/mol. The number of amides is 1. The minimum atomic E-state index is 0.292. The Bertz CT molecular complexity index is 213. The molecule has 4 nitrogen and oxygen atoms in total. The van der Waals surface area contributed by atoms with E-state index >= 15 is 0 Å². The van der Waals surface area contributed by atoms with Gasteiger partial charge in [0.15, 0.2) is 0 Å². The number of nitrogens with one attached hydrogen (secondary N) is 1. The maximum atomic E-state index is 11.6. The summed E-state index contributed by atoms with van der Waals surface area (Å²) in [6.07, 6.45) is 3.15. The van der Waals surface area contributed by atoms with Gasteiger partial charge in [0.2, 0.25) is 5.91 Å². The van der Waals surface area contributed by atoms with E-state index in [-0.39, 0.29) is 0 Å². The summed E-state index contributed by atoms with van der Waals surface area (Å²) >= 11 is 0. The Hall–Kier alpha value is -0.610. The Morgan fingerprint density at radius 2 is 2.43 bits per heavy atom. The monoisotopic (exact) mass is 197 g/mol. The second-order valence-corrected chi connectivity index (χ2v) is 4.07. The van der Waals surface area contributed by atoms with Crippen LogP contribution < -0.4 is 5.32 Å². The van der Waals surface area contributed by atoms with E-state index in [1.54, 1.807) is 0 Å². The van der Waals surface area contributed by atoms with Crippen LogP contribution in [0, 0.1) is 0 Å². The third-order valence-electron chi connectivity index (χ3n) is 3.13.